The number of nitrogens with zero attached hydrogens (tertiary/aromatic N) is 1. The van der Waals surface area contributed by atoms with Crippen LogP contribution < -0.4 is 0 Å². The number of benzene rings is 1. The zero-order valence-corrected chi connectivity index (χ0v) is 12.1. The standard InChI is InChI=1S/C11H14Cl2FN.BrH/c12-4-6-15(7-5-13)9-10-2-1-3-11(14)8-10;/h1-3,8H,4-7,9H2;1H. The quantitative estimate of drug-likeness (QED) is 0.719. The Labute approximate surface area is 116 Å². The first-order chi connectivity index (χ1) is 7.26. The van der Waals surface area contributed by atoms with E-state index in [1.54, 1.807) is 6.07 Å². The van der Waals surface area contributed by atoms with E-state index in [2.05, 4.69) is 4.90 Å². The summed E-state index contributed by atoms with van der Waals surface area (Å²) in [7, 11) is 0. The van der Waals surface area contributed by atoms with Gasteiger partial charge in [-0.3, -0.25) is 4.90 Å². The lowest BCUT2D eigenvalue weighted by molar-refractivity contribution is 0.299. The van der Waals surface area contributed by atoms with Crippen LogP contribution in [-0.2, 0) is 6.54 Å². The molecule has 0 saturated heterocycles. The zero-order valence-electron chi connectivity index (χ0n) is 8.83. The summed E-state index contributed by atoms with van der Waals surface area (Å²) >= 11 is 11.3. The second-order valence-electron chi connectivity index (χ2n) is 3.28. The van der Waals surface area contributed by atoms with Gasteiger partial charge in [-0.05, 0) is 17.7 Å². The van der Waals surface area contributed by atoms with E-state index in [9.17, 15) is 4.39 Å². The fourth-order valence-corrected chi connectivity index (χ4v) is 1.88. The number of alkyl halides is 2. The maximum absolute atomic E-state index is 12.9. The SMILES string of the molecule is Br.Fc1cccc(CN(CCCl)CCCl)c1. The summed E-state index contributed by atoms with van der Waals surface area (Å²) in [5.41, 5.74) is 0.949. The zero-order chi connectivity index (χ0) is 11.1. The van der Waals surface area contributed by atoms with Crippen LogP contribution in [0.25, 0.3) is 0 Å². The Morgan fingerprint density at radius 3 is 2.25 bits per heavy atom. The predicted octanol–water partition coefficient (Wildman–Crippen LogP) is 3.68. The van der Waals surface area contributed by atoms with Gasteiger partial charge in [0.15, 0.2) is 0 Å². The lowest BCUT2D eigenvalue weighted by atomic mass is 10.2. The summed E-state index contributed by atoms with van der Waals surface area (Å²) in [6.45, 7) is 2.23. The molecule has 0 fully saturated rings. The highest BCUT2D eigenvalue weighted by Gasteiger charge is 2.04. The minimum atomic E-state index is -0.204. The van der Waals surface area contributed by atoms with Crippen molar-refractivity contribution in [3.05, 3.63) is 35.6 Å². The van der Waals surface area contributed by atoms with Crippen molar-refractivity contribution in [2.24, 2.45) is 0 Å². The van der Waals surface area contributed by atoms with E-state index in [0.717, 1.165) is 18.7 Å². The summed E-state index contributed by atoms with van der Waals surface area (Å²) in [5, 5.41) is 0. The van der Waals surface area contributed by atoms with Crippen molar-refractivity contribution in [2.75, 3.05) is 24.8 Å². The third kappa shape index (κ3) is 6.04. The van der Waals surface area contributed by atoms with E-state index in [0.29, 0.717) is 18.3 Å². The van der Waals surface area contributed by atoms with Gasteiger partial charge in [-0.25, -0.2) is 4.39 Å². The van der Waals surface area contributed by atoms with Crippen LogP contribution in [0.1, 0.15) is 5.56 Å². The van der Waals surface area contributed by atoms with E-state index >= 15 is 0 Å². The summed E-state index contributed by atoms with van der Waals surface area (Å²) < 4.78 is 12.9. The van der Waals surface area contributed by atoms with E-state index in [1.807, 2.05) is 6.07 Å². The molecule has 1 nitrogen and oxygen atoms in total. The predicted molar refractivity (Wildman–Crippen MR) is 73.4 cm³/mol. The first kappa shape index (κ1) is 16.2. The third-order valence-corrected chi connectivity index (χ3v) is 2.43. The molecule has 0 amide bonds. The van der Waals surface area contributed by atoms with E-state index in [4.69, 9.17) is 23.2 Å². The summed E-state index contributed by atoms with van der Waals surface area (Å²) in [4.78, 5) is 2.11. The summed E-state index contributed by atoms with van der Waals surface area (Å²) in [5.74, 6) is 0.919. The molecule has 1 aromatic carbocycles. The maximum Gasteiger partial charge on any atom is 0.123 e. The van der Waals surface area contributed by atoms with Crippen LogP contribution in [0.4, 0.5) is 4.39 Å². The van der Waals surface area contributed by atoms with Gasteiger partial charge < -0.3 is 0 Å². The Kier molecular flexibility index (Phi) is 9.32. The Morgan fingerprint density at radius 2 is 1.75 bits per heavy atom. The third-order valence-electron chi connectivity index (χ3n) is 2.10. The molecule has 1 rings (SSSR count). The summed E-state index contributed by atoms with van der Waals surface area (Å²) in [6.07, 6.45) is 0. The molecule has 0 aromatic heterocycles. The fraction of sp³-hybridized carbons (Fsp3) is 0.455. The fourth-order valence-electron chi connectivity index (χ4n) is 1.40. The number of halogens is 4. The van der Waals surface area contributed by atoms with Crippen molar-refractivity contribution >= 4 is 40.2 Å². The monoisotopic (exact) mass is 329 g/mol. The smallest absolute Gasteiger partial charge is 0.123 e. The van der Waals surface area contributed by atoms with Crippen molar-refractivity contribution in [1.29, 1.82) is 0 Å². The molecule has 0 atom stereocenters. The average Bonchev–Trinajstić information content (AvgIpc) is 2.18. The van der Waals surface area contributed by atoms with Gasteiger partial charge in [0.25, 0.3) is 0 Å². The van der Waals surface area contributed by atoms with Crippen molar-refractivity contribution in [3.8, 4) is 0 Å². The lowest BCUT2D eigenvalue weighted by Crippen LogP contribution is -2.27. The van der Waals surface area contributed by atoms with Gasteiger partial charge in [0.05, 0.1) is 0 Å². The topological polar surface area (TPSA) is 3.24 Å². The molecule has 5 heteroatoms. The normalized spacial score (nSPS) is 10.2. The molecule has 0 unspecified atom stereocenters. The van der Waals surface area contributed by atoms with Crippen LogP contribution in [-0.4, -0.2) is 29.7 Å². The Hall–Kier alpha value is 0.170. The molecule has 1 aromatic rings. The van der Waals surface area contributed by atoms with Crippen LogP contribution in [0.2, 0.25) is 0 Å². The van der Waals surface area contributed by atoms with E-state index in [-0.39, 0.29) is 22.8 Å². The van der Waals surface area contributed by atoms with Gasteiger partial charge in [-0.15, -0.1) is 40.2 Å². The largest absolute Gasteiger partial charge is 0.297 e. The van der Waals surface area contributed by atoms with Gasteiger partial charge in [0, 0.05) is 31.4 Å². The minimum Gasteiger partial charge on any atom is -0.297 e. The van der Waals surface area contributed by atoms with Crippen molar-refractivity contribution < 1.29 is 4.39 Å². The molecule has 0 radical (unpaired) electrons. The Balaban J connectivity index is 0.00000225. The molecular weight excluding hydrogens is 316 g/mol. The van der Waals surface area contributed by atoms with Crippen molar-refractivity contribution in [2.45, 2.75) is 6.54 Å². The van der Waals surface area contributed by atoms with Gasteiger partial charge in [-0.1, -0.05) is 12.1 Å². The van der Waals surface area contributed by atoms with Crippen LogP contribution in [0.5, 0.6) is 0 Å². The molecular formula is C11H15BrCl2FN. The molecule has 0 spiro atoms. The van der Waals surface area contributed by atoms with Crippen LogP contribution >= 0.6 is 40.2 Å². The second kappa shape index (κ2) is 9.23. The molecule has 0 N–H and O–H groups in total. The molecule has 0 aliphatic heterocycles. The molecule has 92 valence electrons. The van der Waals surface area contributed by atoms with Gasteiger partial charge in [0.2, 0.25) is 0 Å². The molecule has 0 aliphatic rings. The van der Waals surface area contributed by atoms with Gasteiger partial charge >= 0.3 is 0 Å². The highest BCUT2D eigenvalue weighted by Crippen LogP contribution is 2.07. The molecule has 0 bridgehead atoms. The average molecular weight is 331 g/mol. The Morgan fingerprint density at radius 1 is 1.12 bits per heavy atom. The minimum absolute atomic E-state index is 0. The Bertz CT molecular complexity index is 293. The summed E-state index contributed by atoms with van der Waals surface area (Å²) in [6, 6.07) is 6.59. The first-order valence-electron chi connectivity index (χ1n) is 4.85. The van der Waals surface area contributed by atoms with Crippen LogP contribution in [0, 0.1) is 5.82 Å². The second-order valence-corrected chi connectivity index (χ2v) is 4.04. The maximum atomic E-state index is 12.9. The van der Waals surface area contributed by atoms with Crippen molar-refractivity contribution in [1.82, 2.24) is 4.90 Å². The first-order valence-corrected chi connectivity index (χ1v) is 5.92. The van der Waals surface area contributed by atoms with Gasteiger partial charge in [0.1, 0.15) is 5.82 Å². The van der Waals surface area contributed by atoms with Crippen LogP contribution in [0.3, 0.4) is 0 Å². The van der Waals surface area contributed by atoms with Crippen molar-refractivity contribution in [3.63, 3.8) is 0 Å². The van der Waals surface area contributed by atoms with E-state index in [1.165, 1.54) is 12.1 Å². The highest BCUT2D eigenvalue weighted by molar-refractivity contribution is 8.93. The highest BCUT2D eigenvalue weighted by atomic mass is 79.9. The number of hydrogen-bond acceptors (Lipinski definition) is 1. The van der Waals surface area contributed by atoms with E-state index < -0.39 is 0 Å². The van der Waals surface area contributed by atoms with Gasteiger partial charge in [-0.2, -0.15) is 0 Å². The lowest BCUT2D eigenvalue weighted by Gasteiger charge is -2.19. The number of rotatable bonds is 6. The molecule has 0 saturated carbocycles. The molecule has 16 heavy (non-hydrogen) atoms. The molecule has 0 aliphatic carbocycles. The number of hydrogen-bond donors (Lipinski definition) is 0. The van der Waals surface area contributed by atoms with Crippen LogP contribution in [0.15, 0.2) is 24.3 Å². The molecule has 0 heterocycles.